The first-order valence-electron chi connectivity index (χ1n) is 8.82. The Morgan fingerprint density at radius 1 is 1.08 bits per heavy atom. The lowest BCUT2D eigenvalue weighted by Gasteiger charge is -2.12. The Morgan fingerprint density at radius 2 is 1.77 bits per heavy atom. The van der Waals surface area contributed by atoms with Gasteiger partial charge in [-0.3, -0.25) is 9.59 Å². The molecule has 0 aliphatic rings. The van der Waals surface area contributed by atoms with Gasteiger partial charge in [-0.05, 0) is 69.2 Å². The fourth-order valence-corrected chi connectivity index (χ4v) is 2.54. The summed E-state index contributed by atoms with van der Waals surface area (Å²) in [6, 6.07) is 12.8. The van der Waals surface area contributed by atoms with E-state index in [4.69, 9.17) is 4.74 Å². The van der Waals surface area contributed by atoms with Gasteiger partial charge < -0.3 is 15.4 Å². The predicted molar refractivity (Wildman–Crippen MR) is 104 cm³/mol. The highest BCUT2D eigenvalue weighted by Crippen LogP contribution is 2.18. The summed E-state index contributed by atoms with van der Waals surface area (Å²) in [5.74, 6) is 0.578. The van der Waals surface area contributed by atoms with Gasteiger partial charge in [0, 0.05) is 17.3 Å². The number of carbonyl (C=O) groups is 2. The van der Waals surface area contributed by atoms with Crippen LogP contribution in [0.1, 0.15) is 42.3 Å². The number of hydrogen-bond donors (Lipinski definition) is 2. The normalized spacial score (nSPS) is 10.5. The summed E-state index contributed by atoms with van der Waals surface area (Å²) in [7, 11) is 0. The molecule has 0 aliphatic heterocycles. The molecule has 0 saturated carbocycles. The summed E-state index contributed by atoms with van der Waals surface area (Å²) < 4.78 is 5.40. The van der Waals surface area contributed by atoms with E-state index >= 15 is 0 Å². The van der Waals surface area contributed by atoms with Crippen LogP contribution in [0.15, 0.2) is 42.5 Å². The minimum Gasteiger partial charge on any atom is -0.494 e. The number of carbonyl (C=O) groups excluding carboxylic acids is 2. The van der Waals surface area contributed by atoms with E-state index < -0.39 is 0 Å². The summed E-state index contributed by atoms with van der Waals surface area (Å²) in [4.78, 5) is 24.3. The molecule has 5 heteroatoms. The molecular weight excluding hydrogens is 328 g/mol. The van der Waals surface area contributed by atoms with E-state index in [1.54, 1.807) is 18.2 Å². The number of anilines is 1. The van der Waals surface area contributed by atoms with Crippen LogP contribution in [0, 0.1) is 6.92 Å². The predicted octanol–water partition coefficient (Wildman–Crippen LogP) is 3.71. The molecular formula is C21H26N2O3. The first kappa shape index (κ1) is 19.5. The van der Waals surface area contributed by atoms with Gasteiger partial charge in [-0.15, -0.1) is 0 Å². The molecule has 2 N–H and O–H groups in total. The molecule has 2 aromatic carbocycles. The largest absolute Gasteiger partial charge is 0.494 e. The molecule has 0 saturated heterocycles. The molecule has 5 nitrogen and oxygen atoms in total. The molecule has 2 rings (SSSR count). The van der Waals surface area contributed by atoms with E-state index in [2.05, 4.69) is 10.6 Å². The molecule has 138 valence electrons. The Hall–Kier alpha value is -2.82. The highest BCUT2D eigenvalue weighted by molar-refractivity contribution is 5.97. The third-order valence-electron chi connectivity index (χ3n) is 3.78. The maximum absolute atomic E-state index is 12.3. The third-order valence-corrected chi connectivity index (χ3v) is 3.78. The Bertz CT molecular complexity index is 767. The van der Waals surface area contributed by atoms with Crippen molar-refractivity contribution in [2.75, 3.05) is 11.9 Å². The smallest absolute Gasteiger partial charge is 0.251 e. The van der Waals surface area contributed by atoms with Crippen molar-refractivity contribution in [3.8, 4) is 5.75 Å². The Kier molecular flexibility index (Phi) is 6.78. The van der Waals surface area contributed by atoms with Gasteiger partial charge in [-0.2, -0.15) is 0 Å². The van der Waals surface area contributed by atoms with E-state index in [0.717, 1.165) is 16.9 Å². The van der Waals surface area contributed by atoms with Crippen molar-refractivity contribution in [1.82, 2.24) is 5.32 Å². The second-order valence-electron chi connectivity index (χ2n) is 6.46. The van der Waals surface area contributed by atoms with Gasteiger partial charge in [0.2, 0.25) is 5.91 Å². The molecule has 2 aromatic rings. The monoisotopic (exact) mass is 354 g/mol. The number of rotatable bonds is 7. The number of nitrogens with one attached hydrogen (secondary N) is 2. The van der Waals surface area contributed by atoms with E-state index in [-0.39, 0.29) is 24.3 Å². The molecule has 2 amide bonds. The second-order valence-corrected chi connectivity index (χ2v) is 6.46. The van der Waals surface area contributed by atoms with Crippen molar-refractivity contribution in [2.24, 2.45) is 0 Å². The van der Waals surface area contributed by atoms with Gasteiger partial charge in [0.25, 0.3) is 5.91 Å². The lowest BCUT2D eigenvalue weighted by Crippen LogP contribution is -2.30. The van der Waals surface area contributed by atoms with Gasteiger partial charge in [0.15, 0.2) is 0 Å². The molecule has 0 atom stereocenters. The SMILES string of the molecule is CCOc1ccc(CC(=O)Nc2ccc(C(=O)NC(C)C)cc2C)cc1. The lowest BCUT2D eigenvalue weighted by atomic mass is 10.1. The maximum Gasteiger partial charge on any atom is 0.251 e. The molecule has 0 fully saturated rings. The number of benzene rings is 2. The number of aryl methyl sites for hydroxylation is 1. The lowest BCUT2D eigenvalue weighted by molar-refractivity contribution is -0.115. The van der Waals surface area contributed by atoms with E-state index in [1.165, 1.54) is 0 Å². The van der Waals surface area contributed by atoms with Crippen LogP contribution >= 0.6 is 0 Å². The summed E-state index contributed by atoms with van der Waals surface area (Å²) in [5, 5.41) is 5.76. The topological polar surface area (TPSA) is 67.4 Å². The Labute approximate surface area is 154 Å². The Balaban J connectivity index is 1.99. The summed E-state index contributed by atoms with van der Waals surface area (Å²) in [6.45, 7) is 8.25. The van der Waals surface area contributed by atoms with Crippen LogP contribution < -0.4 is 15.4 Å². The quantitative estimate of drug-likeness (QED) is 0.796. The van der Waals surface area contributed by atoms with E-state index in [1.807, 2.05) is 52.0 Å². The molecule has 0 heterocycles. The highest BCUT2D eigenvalue weighted by Gasteiger charge is 2.11. The van der Waals surface area contributed by atoms with Crippen molar-refractivity contribution in [3.63, 3.8) is 0 Å². The van der Waals surface area contributed by atoms with Gasteiger partial charge in [0.05, 0.1) is 13.0 Å². The summed E-state index contributed by atoms with van der Waals surface area (Å²) >= 11 is 0. The molecule has 0 bridgehead atoms. The van der Waals surface area contributed by atoms with Crippen LogP contribution in [0.5, 0.6) is 5.75 Å². The van der Waals surface area contributed by atoms with Crippen LogP contribution in [0.3, 0.4) is 0 Å². The third kappa shape index (κ3) is 5.62. The standard InChI is InChI=1S/C21H26N2O3/c1-5-26-18-9-6-16(7-10-18)13-20(24)23-19-11-8-17(12-15(19)4)21(25)22-14(2)3/h6-12,14H,5,13H2,1-4H3,(H,22,25)(H,23,24). The summed E-state index contributed by atoms with van der Waals surface area (Å²) in [5.41, 5.74) is 3.06. The van der Waals surface area contributed by atoms with Crippen LogP contribution in [0.2, 0.25) is 0 Å². The zero-order chi connectivity index (χ0) is 19.1. The van der Waals surface area contributed by atoms with Crippen LogP contribution in [-0.4, -0.2) is 24.5 Å². The van der Waals surface area contributed by atoms with Crippen molar-refractivity contribution >= 4 is 17.5 Å². The first-order valence-corrected chi connectivity index (χ1v) is 8.82. The molecule has 26 heavy (non-hydrogen) atoms. The second kappa shape index (κ2) is 9.04. The van der Waals surface area contributed by atoms with Gasteiger partial charge in [-0.25, -0.2) is 0 Å². The number of ether oxygens (including phenoxy) is 1. The van der Waals surface area contributed by atoms with Crippen LogP contribution in [0.4, 0.5) is 5.69 Å². The zero-order valence-corrected chi connectivity index (χ0v) is 15.8. The van der Waals surface area contributed by atoms with Gasteiger partial charge in [0.1, 0.15) is 5.75 Å². The number of amides is 2. The van der Waals surface area contributed by atoms with Crippen molar-refractivity contribution in [1.29, 1.82) is 0 Å². The Morgan fingerprint density at radius 3 is 2.35 bits per heavy atom. The molecule has 0 unspecified atom stereocenters. The first-order chi connectivity index (χ1) is 12.4. The van der Waals surface area contributed by atoms with E-state index in [9.17, 15) is 9.59 Å². The van der Waals surface area contributed by atoms with Crippen molar-refractivity contribution in [3.05, 3.63) is 59.2 Å². The number of hydrogen-bond acceptors (Lipinski definition) is 3. The molecule has 0 aliphatic carbocycles. The molecule has 0 aromatic heterocycles. The van der Waals surface area contributed by atoms with Gasteiger partial charge in [-0.1, -0.05) is 12.1 Å². The van der Waals surface area contributed by atoms with Gasteiger partial charge >= 0.3 is 0 Å². The average Bonchev–Trinajstić information content (AvgIpc) is 2.58. The fraction of sp³-hybridized carbons (Fsp3) is 0.333. The van der Waals surface area contributed by atoms with Crippen LogP contribution in [-0.2, 0) is 11.2 Å². The maximum atomic E-state index is 12.3. The van der Waals surface area contributed by atoms with E-state index in [0.29, 0.717) is 17.9 Å². The minimum atomic E-state index is -0.115. The zero-order valence-electron chi connectivity index (χ0n) is 15.8. The average molecular weight is 354 g/mol. The van der Waals surface area contributed by atoms with Crippen LogP contribution in [0.25, 0.3) is 0 Å². The molecule has 0 spiro atoms. The minimum absolute atomic E-state index is 0.0799. The summed E-state index contributed by atoms with van der Waals surface area (Å²) in [6.07, 6.45) is 0.279. The highest BCUT2D eigenvalue weighted by atomic mass is 16.5. The van der Waals surface area contributed by atoms with Crippen molar-refractivity contribution in [2.45, 2.75) is 40.2 Å². The van der Waals surface area contributed by atoms with Crippen molar-refractivity contribution < 1.29 is 14.3 Å². The molecule has 0 radical (unpaired) electrons. The fourth-order valence-electron chi connectivity index (χ4n) is 2.54.